The monoisotopic (exact) mass is 533 g/mol. The fourth-order valence-electron chi connectivity index (χ4n) is 5.82. The molecule has 2 amide bonds. The van der Waals surface area contributed by atoms with Crippen molar-refractivity contribution >= 4 is 17.8 Å². The number of hydrogen-bond donors (Lipinski definition) is 3. The molecule has 0 fully saturated rings. The molecule has 4 N–H and O–H groups in total. The summed E-state index contributed by atoms with van der Waals surface area (Å²) >= 11 is 0. The lowest BCUT2D eigenvalue weighted by Crippen LogP contribution is -2.43. The van der Waals surface area contributed by atoms with Gasteiger partial charge in [-0.1, -0.05) is 18.6 Å². The second-order valence-corrected chi connectivity index (χ2v) is 11.6. The van der Waals surface area contributed by atoms with E-state index in [-0.39, 0.29) is 35.5 Å². The number of aliphatic imine (C=N–C) groups is 1. The number of aryl methyl sites for hydroxylation is 1. The molecule has 2 aromatic rings. The summed E-state index contributed by atoms with van der Waals surface area (Å²) in [5.74, 6) is 2.26. The van der Waals surface area contributed by atoms with E-state index in [0.29, 0.717) is 31.8 Å². The molecule has 9 nitrogen and oxygen atoms in total. The van der Waals surface area contributed by atoms with Crippen molar-refractivity contribution in [2.45, 2.75) is 89.3 Å². The van der Waals surface area contributed by atoms with Gasteiger partial charge in [-0.3, -0.25) is 19.9 Å². The van der Waals surface area contributed by atoms with Crippen molar-refractivity contribution in [3.05, 3.63) is 53.3 Å². The Morgan fingerprint density at radius 3 is 2.90 bits per heavy atom. The number of amides is 2. The number of hydrogen-bond acceptors (Lipinski definition) is 7. The number of nitrogens with one attached hydrogen (secondary N) is 2. The quantitative estimate of drug-likeness (QED) is 0.421. The van der Waals surface area contributed by atoms with Crippen LogP contribution in [-0.2, 0) is 22.4 Å². The number of guanidine groups is 1. The molecule has 4 heterocycles. The zero-order valence-electron chi connectivity index (χ0n) is 22.9. The molecule has 5 rings (SSSR count). The molecule has 0 saturated heterocycles. The first-order chi connectivity index (χ1) is 18.7. The summed E-state index contributed by atoms with van der Waals surface area (Å²) in [4.78, 5) is 33.3. The smallest absolute Gasteiger partial charge is 0.228 e. The summed E-state index contributed by atoms with van der Waals surface area (Å²) in [6.07, 6.45) is 10.5. The minimum absolute atomic E-state index is 0.0379. The van der Waals surface area contributed by atoms with Crippen LogP contribution in [0.2, 0.25) is 0 Å². The van der Waals surface area contributed by atoms with Crippen molar-refractivity contribution in [1.82, 2.24) is 15.6 Å². The van der Waals surface area contributed by atoms with Gasteiger partial charge in [0, 0.05) is 42.8 Å². The molecular formula is C30H39N5O4. The standard InChI is InChI=1S/C30H39N5O4/c1-30(2)16-24(34-27(36)10-8-20-13-21-17-32-12-11-25(21)38-18-20)23-14-19(7-9-26(23)39-30)5-3-4-6-22-15-28(37)35-29(31)33-22/h7,9,11-12,14,17,20,22,24H,3-6,8,10,13,15-16,18H2,1-2H3,(H,34,36)(H3,31,33,35,37). The van der Waals surface area contributed by atoms with Crippen LogP contribution < -0.4 is 25.8 Å². The van der Waals surface area contributed by atoms with Gasteiger partial charge in [-0.05, 0) is 69.6 Å². The number of fused-ring (bicyclic) bond motifs is 2. The van der Waals surface area contributed by atoms with Crippen LogP contribution in [0, 0.1) is 5.92 Å². The number of carbonyl (C=O) groups excluding carboxylic acids is 2. The fourth-order valence-corrected chi connectivity index (χ4v) is 5.82. The Bertz CT molecular complexity index is 1240. The van der Waals surface area contributed by atoms with Crippen LogP contribution in [0.1, 0.15) is 81.5 Å². The van der Waals surface area contributed by atoms with Crippen molar-refractivity contribution in [3.8, 4) is 11.5 Å². The van der Waals surface area contributed by atoms with Crippen LogP contribution in [-0.4, -0.2) is 41.0 Å². The van der Waals surface area contributed by atoms with E-state index in [2.05, 4.69) is 46.6 Å². The molecule has 3 aliphatic heterocycles. The molecule has 0 spiro atoms. The average molecular weight is 534 g/mol. The van der Waals surface area contributed by atoms with Gasteiger partial charge in [0.25, 0.3) is 0 Å². The van der Waals surface area contributed by atoms with Crippen LogP contribution >= 0.6 is 0 Å². The number of benzene rings is 1. The normalized spacial score (nSPS) is 23.3. The van der Waals surface area contributed by atoms with Crippen LogP contribution in [0.4, 0.5) is 0 Å². The van der Waals surface area contributed by atoms with Crippen LogP contribution in [0.5, 0.6) is 11.5 Å². The van der Waals surface area contributed by atoms with Crippen molar-refractivity contribution < 1.29 is 19.1 Å². The largest absolute Gasteiger partial charge is 0.493 e. The number of pyridine rings is 1. The maximum Gasteiger partial charge on any atom is 0.228 e. The predicted molar refractivity (Wildman–Crippen MR) is 149 cm³/mol. The molecular weight excluding hydrogens is 494 g/mol. The topological polar surface area (TPSA) is 128 Å². The van der Waals surface area contributed by atoms with E-state index in [1.807, 2.05) is 18.3 Å². The number of rotatable bonds is 9. The third-order valence-electron chi connectivity index (χ3n) is 7.75. The molecule has 9 heteroatoms. The fraction of sp³-hybridized carbons (Fsp3) is 0.533. The first-order valence-electron chi connectivity index (χ1n) is 14.0. The van der Waals surface area contributed by atoms with Gasteiger partial charge >= 0.3 is 0 Å². The third kappa shape index (κ3) is 7.07. The Morgan fingerprint density at radius 2 is 2.05 bits per heavy atom. The van der Waals surface area contributed by atoms with Crippen molar-refractivity contribution in [3.63, 3.8) is 0 Å². The van der Waals surface area contributed by atoms with Gasteiger partial charge in [0.2, 0.25) is 11.8 Å². The summed E-state index contributed by atoms with van der Waals surface area (Å²) in [6.45, 7) is 4.76. The molecule has 1 aromatic heterocycles. The molecule has 0 radical (unpaired) electrons. The van der Waals surface area contributed by atoms with Gasteiger partial charge < -0.3 is 20.5 Å². The van der Waals surface area contributed by atoms with Gasteiger partial charge in [-0.25, -0.2) is 4.99 Å². The molecule has 0 bridgehead atoms. The van der Waals surface area contributed by atoms with Gasteiger partial charge in [0.15, 0.2) is 5.96 Å². The zero-order chi connectivity index (χ0) is 27.4. The van der Waals surface area contributed by atoms with Crippen molar-refractivity contribution in [1.29, 1.82) is 0 Å². The molecule has 0 aliphatic carbocycles. The van der Waals surface area contributed by atoms with E-state index in [1.54, 1.807) is 6.20 Å². The van der Waals surface area contributed by atoms with Crippen LogP contribution in [0.15, 0.2) is 41.7 Å². The molecule has 3 atom stereocenters. The van der Waals surface area contributed by atoms with Gasteiger partial charge in [-0.15, -0.1) is 0 Å². The minimum atomic E-state index is -0.366. The van der Waals surface area contributed by atoms with E-state index in [4.69, 9.17) is 15.2 Å². The Labute approximate surface area is 230 Å². The Morgan fingerprint density at radius 1 is 1.18 bits per heavy atom. The number of nitrogens with two attached hydrogens (primary N) is 1. The third-order valence-corrected chi connectivity index (χ3v) is 7.75. The Balaban J connectivity index is 1.15. The van der Waals surface area contributed by atoms with E-state index >= 15 is 0 Å². The molecule has 3 aliphatic rings. The van der Waals surface area contributed by atoms with E-state index in [1.165, 1.54) is 5.56 Å². The highest BCUT2D eigenvalue weighted by Crippen LogP contribution is 2.40. The number of ether oxygens (including phenoxy) is 2. The number of nitrogens with zero attached hydrogens (tertiary/aromatic N) is 2. The lowest BCUT2D eigenvalue weighted by atomic mass is 9.88. The van der Waals surface area contributed by atoms with E-state index in [0.717, 1.165) is 61.2 Å². The predicted octanol–water partition coefficient (Wildman–Crippen LogP) is 3.75. The summed E-state index contributed by atoms with van der Waals surface area (Å²) in [7, 11) is 0. The van der Waals surface area contributed by atoms with Crippen LogP contribution in [0.25, 0.3) is 0 Å². The Hall–Kier alpha value is -3.62. The Kier molecular flexibility index (Phi) is 8.04. The highest BCUT2D eigenvalue weighted by molar-refractivity contribution is 5.98. The van der Waals surface area contributed by atoms with Crippen LogP contribution in [0.3, 0.4) is 0 Å². The zero-order valence-corrected chi connectivity index (χ0v) is 22.9. The average Bonchev–Trinajstić information content (AvgIpc) is 2.89. The van der Waals surface area contributed by atoms with E-state index in [9.17, 15) is 9.59 Å². The first-order valence-corrected chi connectivity index (χ1v) is 14.0. The van der Waals surface area contributed by atoms with Gasteiger partial charge in [0.05, 0.1) is 18.7 Å². The maximum absolute atomic E-state index is 13.1. The second kappa shape index (κ2) is 11.6. The summed E-state index contributed by atoms with van der Waals surface area (Å²) in [5.41, 5.74) is 8.69. The lowest BCUT2D eigenvalue weighted by Gasteiger charge is -2.38. The summed E-state index contributed by atoms with van der Waals surface area (Å²) in [6, 6.07) is 8.09. The van der Waals surface area contributed by atoms with Gasteiger partial charge in [0.1, 0.15) is 17.1 Å². The van der Waals surface area contributed by atoms with Gasteiger partial charge in [-0.2, -0.15) is 0 Å². The minimum Gasteiger partial charge on any atom is -0.493 e. The van der Waals surface area contributed by atoms with E-state index < -0.39 is 0 Å². The highest BCUT2D eigenvalue weighted by Gasteiger charge is 2.35. The number of aromatic nitrogens is 1. The summed E-state index contributed by atoms with van der Waals surface area (Å²) in [5, 5.41) is 5.84. The maximum atomic E-state index is 13.1. The number of carbonyl (C=O) groups is 2. The lowest BCUT2D eigenvalue weighted by molar-refractivity contribution is -0.123. The number of unbranched alkanes of at least 4 members (excludes halogenated alkanes) is 1. The molecule has 0 saturated carbocycles. The molecule has 1 aromatic carbocycles. The summed E-state index contributed by atoms with van der Waals surface area (Å²) < 4.78 is 12.1. The van der Waals surface area contributed by atoms with Crippen molar-refractivity contribution in [2.75, 3.05) is 6.61 Å². The second-order valence-electron chi connectivity index (χ2n) is 11.6. The molecule has 208 valence electrons. The SMILES string of the molecule is CC1(C)CC(NC(=O)CCC2COc3ccncc3C2)c2cc(CCCCC3CC(=O)NC(N)=N3)ccc2O1. The first kappa shape index (κ1) is 27.0. The molecule has 3 unspecified atom stereocenters. The highest BCUT2D eigenvalue weighted by atomic mass is 16.5. The molecule has 39 heavy (non-hydrogen) atoms. The van der Waals surface area contributed by atoms with Crippen molar-refractivity contribution in [2.24, 2.45) is 16.6 Å².